The van der Waals surface area contributed by atoms with Gasteiger partial charge >= 0.3 is 0 Å². The van der Waals surface area contributed by atoms with E-state index < -0.39 is 0 Å². The highest BCUT2D eigenvalue weighted by Crippen LogP contribution is 2.28. The molecule has 0 N–H and O–H groups in total. The smallest absolute Gasteiger partial charge is 0.125 e. The second kappa shape index (κ2) is 9.26. The fraction of sp³-hybridized carbons (Fsp3) is 0.429. The summed E-state index contributed by atoms with van der Waals surface area (Å²) in [5.74, 6) is 1.69. The summed E-state index contributed by atoms with van der Waals surface area (Å²) in [6.07, 6.45) is 0.908. The van der Waals surface area contributed by atoms with E-state index >= 15 is 0 Å². The quantitative estimate of drug-likeness (QED) is 0.728. The number of halogens is 1. The maximum Gasteiger partial charge on any atom is 0.125 e. The molecular formula is C21H27ClN2O2. The lowest BCUT2D eigenvalue weighted by atomic mass is 10.1. The monoisotopic (exact) mass is 374 g/mol. The van der Waals surface area contributed by atoms with Gasteiger partial charge in [-0.2, -0.15) is 0 Å². The summed E-state index contributed by atoms with van der Waals surface area (Å²) in [6, 6.07) is 15.7. The first-order chi connectivity index (χ1) is 12.6. The molecule has 0 spiro atoms. The molecule has 0 aliphatic carbocycles. The third-order valence-corrected chi connectivity index (χ3v) is 5.11. The molecule has 1 unspecified atom stereocenters. The molecule has 0 aromatic heterocycles. The van der Waals surface area contributed by atoms with Gasteiger partial charge in [-0.1, -0.05) is 23.7 Å². The summed E-state index contributed by atoms with van der Waals surface area (Å²) >= 11 is 6.00. The molecule has 0 bridgehead atoms. The largest absolute Gasteiger partial charge is 0.497 e. The third kappa shape index (κ3) is 5.37. The van der Waals surface area contributed by atoms with Gasteiger partial charge in [-0.25, -0.2) is 0 Å². The second-order valence-electron chi connectivity index (χ2n) is 6.77. The van der Waals surface area contributed by atoms with Crippen LogP contribution in [-0.4, -0.2) is 56.7 Å². The predicted octanol–water partition coefficient (Wildman–Crippen LogP) is 4.11. The van der Waals surface area contributed by atoms with Crippen LogP contribution in [0.3, 0.4) is 0 Å². The highest BCUT2D eigenvalue weighted by Gasteiger charge is 2.19. The molecule has 0 saturated carbocycles. The van der Waals surface area contributed by atoms with Gasteiger partial charge in [-0.15, -0.1) is 0 Å². The van der Waals surface area contributed by atoms with Gasteiger partial charge in [0, 0.05) is 44.2 Å². The molecule has 26 heavy (non-hydrogen) atoms. The first kappa shape index (κ1) is 19.0. The Morgan fingerprint density at radius 1 is 1.00 bits per heavy atom. The SMILES string of the molecule is COc1cccc(C(CCN2CCN(C)CC2)Oc2ccc(Cl)cc2)c1. The average molecular weight is 375 g/mol. The van der Waals surface area contributed by atoms with E-state index in [1.165, 1.54) is 0 Å². The number of benzene rings is 2. The lowest BCUT2D eigenvalue weighted by molar-refractivity contribution is 0.123. The lowest BCUT2D eigenvalue weighted by Gasteiger charge is -2.33. The molecule has 1 atom stereocenters. The number of hydrogen-bond donors (Lipinski definition) is 0. The summed E-state index contributed by atoms with van der Waals surface area (Å²) in [7, 11) is 3.87. The Balaban J connectivity index is 1.70. The van der Waals surface area contributed by atoms with Crippen molar-refractivity contribution in [2.45, 2.75) is 12.5 Å². The molecule has 1 fully saturated rings. The van der Waals surface area contributed by atoms with Crippen molar-refractivity contribution in [3.05, 3.63) is 59.1 Å². The van der Waals surface area contributed by atoms with Crippen LogP contribution in [0.25, 0.3) is 0 Å². The molecule has 2 aromatic rings. The minimum Gasteiger partial charge on any atom is -0.497 e. The van der Waals surface area contributed by atoms with Crippen LogP contribution in [0.15, 0.2) is 48.5 Å². The topological polar surface area (TPSA) is 24.9 Å². The zero-order chi connectivity index (χ0) is 18.4. The first-order valence-corrected chi connectivity index (χ1v) is 9.49. The molecular weight excluding hydrogens is 348 g/mol. The van der Waals surface area contributed by atoms with Crippen LogP contribution in [-0.2, 0) is 0 Å². The Kier molecular flexibility index (Phi) is 6.78. The van der Waals surface area contributed by atoms with Crippen LogP contribution >= 0.6 is 11.6 Å². The summed E-state index contributed by atoms with van der Waals surface area (Å²) in [4.78, 5) is 4.89. The van der Waals surface area contributed by atoms with E-state index in [1.807, 2.05) is 36.4 Å². The summed E-state index contributed by atoms with van der Waals surface area (Å²) < 4.78 is 11.7. The van der Waals surface area contributed by atoms with Crippen molar-refractivity contribution in [2.24, 2.45) is 0 Å². The minimum absolute atomic E-state index is 0.0223. The van der Waals surface area contributed by atoms with Crippen molar-refractivity contribution < 1.29 is 9.47 Å². The molecule has 1 aliphatic heterocycles. The number of piperazine rings is 1. The van der Waals surface area contributed by atoms with Crippen LogP contribution in [0.1, 0.15) is 18.1 Å². The minimum atomic E-state index is -0.0223. The van der Waals surface area contributed by atoms with Crippen molar-refractivity contribution in [1.82, 2.24) is 9.80 Å². The zero-order valence-electron chi connectivity index (χ0n) is 15.5. The fourth-order valence-corrected chi connectivity index (χ4v) is 3.31. The van der Waals surface area contributed by atoms with E-state index in [0.717, 1.165) is 56.2 Å². The molecule has 0 radical (unpaired) electrons. The van der Waals surface area contributed by atoms with Crippen molar-refractivity contribution in [3.8, 4) is 11.5 Å². The number of methoxy groups -OCH3 is 1. The molecule has 140 valence electrons. The Morgan fingerprint density at radius 2 is 1.73 bits per heavy atom. The van der Waals surface area contributed by atoms with Gasteiger partial charge in [0.1, 0.15) is 17.6 Å². The second-order valence-corrected chi connectivity index (χ2v) is 7.21. The van der Waals surface area contributed by atoms with E-state index in [2.05, 4.69) is 29.0 Å². The third-order valence-electron chi connectivity index (χ3n) is 4.86. The highest BCUT2D eigenvalue weighted by molar-refractivity contribution is 6.30. The van der Waals surface area contributed by atoms with Gasteiger partial charge in [0.15, 0.2) is 0 Å². The fourth-order valence-electron chi connectivity index (χ4n) is 3.18. The molecule has 4 nitrogen and oxygen atoms in total. The summed E-state index contributed by atoms with van der Waals surface area (Å²) in [5, 5.41) is 0.715. The molecule has 0 amide bonds. The number of rotatable bonds is 7. The van der Waals surface area contributed by atoms with Crippen molar-refractivity contribution in [1.29, 1.82) is 0 Å². The number of nitrogens with zero attached hydrogens (tertiary/aromatic N) is 2. The molecule has 3 rings (SSSR count). The predicted molar refractivity (Wildman–Crippen MR) is 106 cm³/mol. The maximum atomic E-state index is 6.32. The Hall–Kier alpha value is -1.75. The van der Waals surface area contributed by atoms with Crippen molar-refractivity contribution in [3.63, 3.8) is 0 Å². The van der Waals surface area contributed by atoms with Gasteiger partial charge in [-0.05, 0) is 49.0 Å². The van der Waals surface area contributed by atoms with E-state index in [-0.39, 0.29) is 6.10 Å². The molecule has 1 saturated heterocycles. The first-order valence-electron chi connectivity index (χ1n) is 9.11. The molecule has 2 aromatic carbocycles. The van der Waals surface area contributed by atoms with Crippen molar-refractivity contribution >= 4 is 11.6 Å². The van der Waals surface area contributed by atoms with Gasteiger partial charge in [0.2, 0.25) is 0 Å². The van der Waals surface area contributed by atoms with E-state index in [4.69, 9.17) is 21.1 Å². The molecule has 1 aliphatic rings. The Labute approximate surface area is 161 Å². The Morgan fingerprint density at radius 3 is 2.42 bits per heavy atom. The van der Waals surface area contributed by atoms with Crippen molar-refractivity contribution in [2.75, 3.05) is 46.9 Å². The van der Waals surface area contributed by atoms with Crippen LogP contribution in [0.5, 0.6) is 11.5 Å². The number of likely N-dealkylation sites (N-methyl/N-ethyl adjacent to an activating group) is 1. The summed E-state index contributed by atoms with van der Waals surface area (Å²) in [5.41, 5.74) is 1.13. The lowest BCUT2D eigenvalue weighted by Crippen LogP contribution is -2.45. The van der Waals surface area contributed by atoms with Gasteiger partial charge < -0.3 is 19.3 Å². The number of ether oxygens (including phenoxy) is 2. The number of hydrogen-bond acceptors (Lipinski definition) is 4. The van der Waals surface area contributed by atoms with Crippen LogP contribution < -0.4 is 9.47 Å². The molecule has 5 heteroatoms. The van der Waals surface area contributed by atoms with Crippen LogP contribution in [0, 0.1) is 0 Å². The van der Waals surface area contributed by atoms with Gasteiger partial charge in [-0.3, -0.25) is 0 Å². The van der Waals surface area contributed by atoms with E-state index in [9.17, 15) is 0 Å². The normalized spacial score (nSPS) is 17.0. The van der Waals surface area contributed by atoms with Crippen LogP contribution in [0.4, 0.5) is 0 Å². The summed E-state index contributed by atoms with van der Waals surface area (Å²) in [6.45, 7) is 5.50. The average Bonchev–Trinajstić information content (AvgIpc) is 2.68. The standard InChI is InChI=1S/C21H27ClN2O2/c1-23-12-14-24(15-13-23)11-10-21(17-4-3-5-20(16-17)25-2)26-19-8-6-18(22)7-9-19/h3-9,16,21H,10-15H2,1-2H3. The van der Waals surface area contributed by atoms with Gasteiger partial charge in [0.05, 0.1) is 7.11 Å². The zero-order valence-corrected chi connectivity index (χ0v) is 16.3. The van der Waals surface area contributed by atoms with Gasteiger partial charge in [0.25, 0.3) is 0 Å². The van der Waals surface area contributed by atoms with Crippen LogP contribution in [0.2, 0.25) is 5.02 Å². The molecule has 1 heterocycles. The maximum absolute atomic E-state index is 6.32. The Bertz CT molecular complexity index is 685. The highest BCUT2D eigenvalue weighted by atomic mass is 35.5. The van der Waals surface area contributed by atoms with E-state index in [1.54, 1.807) is 7.11 Å². The van der Waals surface area contributed by atoms with E-state index in [0.29, 0.717) is 5.02 Å².